The van der Waals surface area contributed by atoms with Crippen LogP contribution in [0.4, 0.5) is 4.39 Å². The van der Waals surface area contributed by atoms with Crippen molar-refractivity contribution in [3.63, 3.8) is 0 Å². The highest BCUT2D eigenvalue weighted by molar-refractivity contribution is 7.99. The molecule has 0 aromatic heterocycles. The molecular formula is C14H20FNS. The quantitative estimate of drug-likeness (QED) is 0.881. The predicted molar refractivity (Wildman–Crippen MR) is 72.9 cm³/mol. The first-order valence-corrected chi connectivity index (χ1v) is 7.38. The molecule has 1 N–H and O–H groups in total. The Hall–Kier alpha value is -0.540. The Labute approximate surface area is 107 Å². The van der Waals surface area contributed by atoms with Gasteiger partial charge in [-0.3, -0.25) is 0 Å². The van der Waals surface area contributed by atoms with Crippen LogP contribution in [-0.4, -0.2) is 17.5 Å². The summed E-state index contributed by atoms with van der Waals surface area (Å²) in [5.74, 6) is 1.19. The van der Waals surface area contributed by atoms with Crippen molar-refractivity contribution in [1.29, 1.82) is 0 Å². The van der Waals surface area contributed by atoms with Crippen LogP contribution in [0.5, 0.6) is 0 Å². The lowest BCUT2D eigenvalue weighted by molar-refractivity contribution is 0.594. The summed E-state index contributed by atoms with van der Waals surface area (Å²) in [5.41, 5.74) is 1.90. The van der Waals surface area contributed by atoms with E-state index in [0.717, 1.165) is 23.9 Å². The molecule has 1 atom stereocenters. The Kier molecular flexibility index (Phi) is 4.86. The van der Waals surface area contributed by atoms with Crippen LogP contribution in [-0.2, 0) is 6.54 Å². The summed E-state index contributed by atoms with van der Waals surface area (Å²) >= 11 is 2.08. The van der Waals surface area contributed by atoms with Gasteiger partial charge in [-0.25, -0.2) is 4.39 Å². The maximum Gasteiger partial charge on any atom is 0.126 e. The first kappa shape index (κ1) is 12.9. The molecule has 0 radical (unpaired) electrons. The second kappa shape index (κ2) is 6.41. The van der Waals surface area contributed by atoms with E-state index >= 15 is 0 Å². The molecule has 1 aromatic rings. The highest BCUT2D eigenvalue weighted by Crippen LogP contribution is 2.24. The standard InChI is InChI=1S/C14H20FNS/c1-11-8-12(5-6-14(11)15)9-16-10-13-4-2-3-7-17-13/h5-6,8,13,16H,2-4,7,9-10H2,1H3. The van der Waals surface area contributed by atoms with Gasteiger partial charge in [0.25, 0.3) is 0 Å². The predicted octanol–water partition coefficient (Wildman–Crippen LogP) is 3.51. The number of thioether (sulfide) groups is 1. The van der Waals surface area contributed by atoms with Crippen molar-refractivity contribution < 1.29 is 4.39 Å². The van der Waals surface area contributed by atoms with Crippen LogP contribution in [0.3, 0.4) is 0 Å². The van der Waals surface area contributed by atoms with E-state index in [-0.39, 0.29) is 5.82 Å². The van der Waals surface area contributed by atoms with Gasteiger partial charge in [-0.1, -0.05) is 18.6 Å². The Morgan fingerprint density at radius 3 is 3.00 bits per heavy atom. The molecule has 2 rings (SSSR count). The lowest BCUT2D eigenvalue weighted by Crippen LogP contribution is -2.26. The molecule has 3 heteroatoms. The van der Waals surface area contributed by atoms with Crippen molar-refractivity contribution in [3.05, 3.63) is 35.1 Å². The molecule has 1 nitrogen and oxygen atoms in total. The average Bonchev–Trinajstić information content (AvgIpc) is 2.35. The van der Waals surface area contributed by atoms with Crippen LogP contribution in [0.25, 0.3) is 0 Å². The molecule has 1 aliphatic heterocycles. The van der Waals surface area contributed by atoms with Gasteiger partial charge in [-0.15, -0.1) is 0 Å². The maximum absolute atomic E-state index is 13.1. The SMILES string of the molecule is Cc1cc(CNCC2CCCCS2)ccc1F. The number of aryl methyl sites for hydroxylation is 1. The fourth-order valence-corrected chi connectivity index (χ4v) is 3.44. The number of benzene rings is 1. The monoisotopic (exact) mass is 253 g/mol. The van der Waals surface area contributed by atoms with Gasteiger partial charge >= 0.3 is 0 Å². The summed E-state index contributed by atoms with van der Waals surface area (Å²) in [6.45, 7) is 3.73. The summed E-state index contributed by atoms with van der Waals surface area (Å²) in [5, 5.41) is 4.24. The molecule has 1 aliphatic rings. The Morgan fingerprint density at radius 2 is 2.29 bits per heavy atom. The van der Waals surface area contributed by atoms with Gasteiger partial charge in [0.2, 0.25) is 0 Å². The summed E-state index contributed by atoms with van der Waals surface area (Å²) in [6, 6.07) is 5.35. The van der Waals surface area contributed by atoms with Gasteiger partial charge < -0.3 is 5.32 Å². The smallest absolute Gasteiger partial charge is 0.126 e. The summed E-state index contributed by atoms with van der Waals surface area (Å²) in [6.07, 6.45) is 4.08. The number of hydrogen-bond donors (Lipinski definition) is 1. The van der Waals surface area contributed by atoms with Crippen molar-refractivity contribution >= 4 is 11.8 Å². The molecule has 1 heterocycles. The van der Waals surface area contributed by atoms with Crippen molar-refractivity contribution in [1.82, 2.24) is 5.32 Å². The molecule has 1 saturated heterocycles. The Bertz CT molecular complexity index is 361. The van der Waals surface area contributed by atoms with Gasteiger partial charge in [-0.2, -0.15) is 11.8 Å². The molecule has 0 amide bonds. The summed E-state index contributed by atoms with van der Waals surface area (Å²) in [4.78, 5) is 0. The molecule has 1 aromatic carbocycles. The van der Waals surface area contributed by atoms with Crippen molar-refractivity contribution in [3.8, 4) is 0 Å². The molecular weight excluding hydrogens is 233 g/mol. The van der Waals surface area contributed by atoms with E-state index in [1.54, 1.807) is 6.07 Å². The van der Waals surface area contributed by atoms with Crippen molar-refractivity contribution in [2.75, 3.05) is 12.3 Å². The Balaban J connectivity index is 1.75. The van der Waals surface area contributed by atoms with Gasteiger partial charge in [0, 0.05) is 18.3 Å². The highest BCUT2D eigenvalue weighted by atomic mass is 32.2. The van der Waals surface area contributed by atoms with Crippen LogP contribution in [0, 0.1) is 12.7 Å². The van der Waals surface area contributed by atoms with E-state index in [2.05, 4.69) is 17.1 Å². The minimum atomic E-state index is -0.114. The zero-order valence-corrected chi connectivity index (χ0v) is 11.2. The molecule has 94 valence electrons. The van der Waals surface area contributed by atoms with Gasteiger partial charge in [0.1, 0.15) is 5.82 Å². The zero-order chi connectivity index (χ0) is 12.1. The van der Waals surface area contributed by atoms with E-state index in [0.29, 0.717) is 0 Å². The average molecular weight is 253 g/mol. The van der Waals surface area contributed by atoms with Crippen LogP contribution < -0.4 is 5.32 Å². The largest absolute Gasteiger partial charge is 0.312 e. The van der Waals surface area contributed by atoms with E-state index in [1.807, 2.05) is 19.1 Å². The zero-order valence-electron chi connectivity index (χ0n) is 10.3. The minimum Gasteiger partial charge on any atom is -0.312 e. The fourth-order valence-electron chi connectivity index (χ4n) is 2.16. The first-order valence-electron chi connectivity index (χ1n) is 6.33. The second-order valence-corrected chi connectivity index (χ2v) is 6.11. The van der Waals surface area contributed by atoms with E-state index in [9.17, 15) is 4.39 Å². The van der Waals surface area contributed by atoms with Crippen LogP contribution in [0.1, 0.15) is 30.4 Å². The second-order valence-electron chi connectivity index (χ2n) is 4.70. The van der Waals surface area contributed by atoms with Crippen LogP contribution in [0.2, 0.25) is 0 Å². The molecule has 0 saturated carbocycles. The summed E-state index contributed by atoms with van der Waals surface area (Å²) < 4.78 is 13.1. The van der Waals surface area contributed by atoms with Crippen molar-refractivity contribution in [2.45, 2.75) is 38.0 Å². The third kappa shape index (κ3) is 4.00. The lowest BCUT2D eigenvalue weighted by atomic mass is 10.1. The van der Waals surface area contributed by atoms with Gasteiger partial charge in [0.15, 0.2) is 0 Å². The number of rotatable bonds is 4. The maximum atomic E-state index is 13.1. The molecule has 1 unspecified atom stereocenters. The molecule has 0 bridgehead atoms. The molecule has 17 heavy (non-hydrogen) atoms. The van der Waals surface area contributed by atoms with E-state index in [4.69, 9.17) is 0 Å². The molecule has 0 spiro atoms. The number of halogens is 1. The fraction of sp³-hybridized carbons (Fsp3) is 0.571. The van der Waals surface area contributed by atoms with Gasteiger partial charge in [-0.05, 0) is 42.7 Å². The Morgan fingerprint density at radius 1 is 1.41 bits per heavy atom. The van der Waals surface area contributed by atoms with E-state index < -0.39 is 0 Å². The van der Waals surface area contributed by atoms with E-state index in [1.165, 1.54) is 30.6 Å². The summed E-state index contributed by atoms with van der Waals surface area (Å²) in [7, 11) is 0. The first-order chi connectivity index (χ1) is 8.25. The molecule has 0 aliphatic carbocycles. The molecule has 1 fully saturated rings. The van der Waals surface area contributed by atoms with Crippen LogP contribution in [0.15, 0.2) is 18.2 Å². The normalized spacial score (nSPS) is 20.5. The number of nitrogens with one attached hydrogen (secondary N) is 1. The number of hydrogen-bond acceptors (Lipinski definition) is 2. The van der Waals surface area contributed by atoms with Gasteiger partial charge in [0.05, 0.1) is 0 Å². The third-order valence-corrected chi connectivity index (χ3v) is 4.60. The van der Waals surface area contributed by atoms with Crippen LogP contribution >= 0.6 is 11.8 Å². The highest BCUT2D eigenvalue weighted by Gasteiger charge is 2.12. The topological polar surface area (TPSA) is 12.0 Å². The third-order valence-electron chi connectivity index (χ3n) is 3.20. The lowest BCUT2D eigenvalue weighted by Gasteiger charge is -2.21. The minimum absolute atomic E-state index is 0.114. The van der Waals surface area contributed by atoms with Crippen molar-refractivity contribution in [2.24, 2.45) is 0 Å².